The first-order chi connectivity index (χ1) is 7.66. The Balaban J connectivity index is 2.28. The summed E-state index contributed by atoms with van der Waals surface area (Å²) in [5.74, 6) is 1.23. The zero-order chi connectivity index (χ0) is 11.5. The van der Waals surface area contributed by atoms with Crippen molar-refractivity contribution in [2.45, 2.75) is 19.9 Å². The van der Waals surface area contributed by atoms with Gasteiger partial charge in [-0.1, -0.05) is 18.2 Å². The molecule has 2 aromatic rings. The Kier molecular flexibility index (Phi) is 2.81. The van der Waals surface area contributed by atoms with Crippen LogP contribution in [0.2, 0.25) is 0 Å². The second kappa shape index (κ2) is 4.26. The molecule has 4 heteroatoms. The van der Waals surface area contributed by atoms with Gasteiger partial charge in [0, 0.05) is 6.04 Å². The molecule has 0 spiro atoms. The fraction of sp³-hybridized carbons (Fsp3) is 0.250. The number of hydrogen-bond acceptors (Lipinski definition) is 3. The van der Waals surface area contributed by atoms with E-state index in [1.165, 1.54) is 0 Å². The second-order valence-corrected chi connectivity index (χ2v) is 3.86. The molecule has 0 aliphatic heterocycles. The normalized spacial score (nSPS) is 10.7. The molecule has 4 nitrogen and oxygen atoms in total. The van der Waals surface area contributed by atoms with Crippen molar-refractivity contribution in [2.24, 2.45) is 0 Å². The Morgan fingerprint density at radius 3 is 2.56 bits per heavy atom. The molecule has 0 unspecified atom stereocenters. The Morgan fingerprint density at radius 2 is 1.94 bits per heavy atom. The summed E-state index contributed by atoms with van der Waals surface area (Å²) in [7, 11) is 0. The highest BCUT2D eigenvalue weighted by atomic mass is 16.5. The first-order valence-electron chi connectivity index (χ1n) is 5.24. The van der Waals surface area contributed by atoms with Crippen LogP contribution in [0, 0.1) is 0 Å². The number of hydrogen-bond donors (Lipinski definition) is 1. The van der Waals surface area contributed by atoms with Gasteiger partial charge in [-0.15, -0.1) is 0 Å². The van der Waals surface area contributed by atoms with Crippen LogP contribution >= 0.6 is 0 Å². The molecule has 0 amide bonds. The lowest BCUT2D eigenvalue weighted by molar-refractivity contribution is 0.396. The molecule has 1 aromatic carbocycles. The van der Waals surface area contributed by atoms with Gasteiger partial charge in [0.25, 0.3) is 0 Å². The van der Waals surface area contributed by atoms with Gasteiger partial charge in [0.1, 0.15) is 11.6 Å². The summed E-state index contributed by atoms with van der Waals surface area (Å²) in [5.41, 5.74) is 5.66. The van der Waals surface area contributed by atoms with Gasteiger partial charge in [-0.05, 0) is 26.0 Å². The van der Waals surface area contributed by atoms with Crippen LogP contribution in [0.5, 0.6) is 11.8 Å². The average Bonchev–Trinajstić information content (AvgIpc) is 2.61. The van der Waals surface area contributed by atoms with Crippen molar-refractivity contribution in [3.05, 3.63) is 36.5 Å². The molecule has 1 aromatic heterocycles. The topological polar surface area (TPSA) is 53.1 Å². The summed E-state index contributed by atoms with van der Waals surface area (Å²) in [6.07, 6.45) is 1.78. The number of nitrogens with two attached hydrogens (primary N) is 1. The van der Waals surface area contributed by atoms with Gasteiger partial charge in [0.15, 0.2) is 0 Å². The molecule has 0 saturated heterocycles. The number of nitrogens with zero attached hydrogens (tertiary/aromatic N) is 2. The van der Waals surface area contributed by atoms with Crippen LogP contribution in [0.4, 0.5) is 5.82 Å². The predicted molar refractivity (Wildman–Crippen MR) is 63.5 cm³/mol. The molecule has 0 saturated carbocycles. The van der Waals surface area contributed by atoms with Crippen molar-refractivity contribution in [1.82, 2.24) is 9.55 Å². The van der Waals surface area contributed by atoms with Crippen LogP contribution < -0.4 is 10.5 Å². The Labute approximate surface area is 94.7 Å². The number of anilines is 1. The quantitative estimate of drug-likeness (QED) is 0.860. The van der Waals surface area contributed by atoms with Crippen LogP contribution in [-0.2, 0) is 0 Å². The van der Waals surface area contributed by atoms with Crippen LogP contribution in [0.1, 0.15) is 19.9 Å². The number of aromatic nitrogens is 2. The van der Waals surface area contributed by atoms with Crippen molar-refractivity contribution < 1.29 is 4.74 Å². The van der Waals surface area contributed by atoms with Crippen LogP contribution in [0.3, 0.4) is 0 Å². The molecular weight excluding hydrogens is 202 g/mol. The largest absolute Gasteiger partial charge is 0.425 e. The van der Waals surface area contributed by atoms with Crippen molar-refractivity contribution in [1.29, 1.82) is 0 Å². The lowest BCUT2D eigenvalue weighted by atomic mass is 10.3. The third kappa shape index (κ3) is 2.16. The Morgan fingerprint density at radius 1 is 1.25 bits per heavy atom. The summed E-state index contributed by atoms with van der Waals surface area (Å²) in [6.45, 7) is 4.11. The van der Waals surface area contributed by atoms with E-state index in [4.69, 9.17) is 10.5 Å². The summed E-state index contributed by atoms with van der Waals surface area (Å²) in [4.78, 5) is 4.15. The molecule has 0 radical (unpaired) electrons. The van der Waals surface area contributed by atoms with Crippen molar-refractivity contribution in [3.63, 3.8) is 0 Å². The Bertz CT molecular complexity index is 462. The number of rotatable bonds is 3. The van der Waals surface area contributed by atoms with Gasteiger partial charge in [0.2, 0.25) is 0 Å². The highest BCUT2D eigenvalue weighted by Gasteiger charge is 2.10. The second-order valence-electron chi connectivity index (χ2n) is 3.86. The molecular formula is C12H15N3O. The lowest BCUT2D eigenvalue weighted by Crippen LogP contribution is -2.01. The van der Waals surface area contributed by atoms with Crippen LogP contribution in [0.25, 0.3) is 0 Å². The molecule has 0 fully saturated rings. The molecule has 1 heterocycles. The maximum Gasteiger partial charge on any atom is 0.304 e. The van der Waals surface area contributed by atoms with E-state index < -0.39 is 0 Å². The fourth-order valence-electron chi connectivity index (χ4n) is 1.43. The molecule has 0 aliphatic carbocycles. The summed E-state index contributed by atoms with van der Waals surface area (Å²) >= 11 is 0. The number of para-hydroxylation sites is 1. The summed E-state index contributed by atoms with van der Waals surface area (Å²) in [5, 5.41) is 0. The van der Waals surface area contributed by atoms with E-state index in [0.717, 1.165) is 5.75 Å². The van der Waals surface area contributed by atoms with E-state index in [0.29, 0.717) is 11.8 Å². The van der Waals surface area contributed by atoms with Crippen molar-refractivity contribution in [2.75, 3.05) is 5.73 Å². The monoisotopic (exact) mass is 217 g/mol. The zero-order valence-corrected chi connectivity index (χ0v) is 9.42. The maximum absolute atomic E-state index is 5.66. The minimum atomic E-state index is 0.267. The molecule has 0 atom stereocenters. The van der Waals surface area contributed by atoms with Gasteiger partial charge in [0.05, 0.1) is 6.20 Å². The van der Waals surface area contributed by atoms with Gasteiger partial charge >= 0.3 is 6.01 Å². The molecule has 2 rings (SSSR count). The van der Waals surface area contributed by atoms with E-state index in [2.05, 4.69) is 18.8 Å². The third-order valence-corrected chi connectivity index (χ3v) is 2.23. The highest BCUT2D eigenvalue weighted by molar-refractivity contribution is 5.32. The minimum Gasteiger partial charge on any atom is -0.425 e. The lowest BCUT2D eigenvalue weighted by Gasteiger charge is -2.11. The van der Waals surface area contributed by atoms with Crippen LogP contribution in [-0.4, -0.2) is 9.55 Å². The van der Waals surface area contributed by atoms with Gasteiger partial charge in [-0.3, -0.25) is 4.57 Å². The van der Waals surface area contributed by atoms with E-state index in [-0.39, 0.29) is 6.04 Å². The fourth-order valence-corrected chi connectivity index (χ4v) is 1.43. The molecule has 2 N–H and O–H groups in total. The van der Waals surface area contributed by atoms with E-state index in [1.54, 1.807) is 6.20 Å². The predicted octanol–water partition coefficient (Wildman–Crippen LogP) is 2.84. The maximum atomic E-state index is 5.66. The van der Waals surface area contributed by atoms with Gasteiger partial charge in [-0.2, -0.15) is 4.98 Å². The van der Waals surface area contributed by atoms with Crippen molar-refractivity contribution >= 4 is 5.82 Å². The smallest absolute Gasteiger partial charge is 0.304 e. The first-order valence-corrected chi connectivity index (χ1v) is 5.24. The molecule has 16 heavy (non-hydrogen) atoms. The average molecular weight is 217 g/mol. The minimum absolute atomic E-state index is 0.267. The van der Waals surface area contributed by atoms with E-state index >= 15 is 0 Å². The standard InChI is InChI=1S/C12H15N3O/c1-9(2)15-8-11(13)14-12(15)16-10-6-4-3-5-7-10/h3-9H,13H2,1-2H3. The zero-order valence-electron chi connectivity index (χ0n) is 9.42. The highest BCUT2D eigenvalue weighted by Crippen LogP contribution is 2.24. The van der Waals surface area contributed by atoms with Gasteiger partial charge in [-0.25, -0.2) is 0 Å². The molecule has 0 aliphatic rings. The van der Waals surface area contributed by atoms with Crippen molar-refractivity contribution in [3.8, 4) is 11.8 Å². The Hall–Kier alpha value is -1.97. The number of nitrogen functional groups attached to an aromatic ring is 1. The van der Waals surface area contributed by atoms with Gasteiger partial charge < -0.3 is 10.5 Å². The SMILES string of the molecule is CC(C)n1cc(N)nc1Oc1ccccc1. The van der Waals surface area contributed by atoms with Crippen LogP contribution in [0.15, 0.2) is 36.5 Å². The third-order valence-electron chi connectivity index (χ3n) is 2.23. The number of benzene rings is 1. The van der Waals surface area contributed by atoms with E-state index in [1.807, 2.05) is 34.9 Å². The first kappa shape index (κ1) is 10.5. The number of ether oxygens (including phenoxy) is 1. The summed E-state index contributed by atoms with van der Waals surface area (Å²) in [6, 6.07) is 10.3. The number of imidazole rings is 1. The molecule has 0 bridgehead atoms. The summed E-state index contributed by atoms with van der Waals surface area (Å²) < 4.78 is 7.57. The molecule has 84 valence electrons. The van der Waals surface area contributed by atoms with E-state index in [9.17, 15) is 0 Å².